The minimum absolute atomic E-state index is 0.147. The standard InChI is InChI=1S/C31H28N2O5S2/c1-16-12-17(6-9-24(16)34)25-20-7-8-21-26(30(37)32(28(21)35)14-18-4-2-10-39-18)22(20)13-23-27(25)31(38)33(29(23)36)15-19-5-3-11-40-19/h2-7,9-12,21-23,25-27,34H,8,13-15H2,1H3/t21-,22+,23+,25-,26-,27+/m0/s1. The molecule has 4 heterocycles. The lowest BCUT2D eigenvalue weighted by atomic mass is 9.57. The van der Waals surface area contributed by atoms with E-state index in [0.717, 1.165) is 20.9 Å². The Morgan fingerprint density at radius 2 is 1.43 bits per heavy atom. The predicted octanol–water partition coefficient (Wildman–Crippen LogP) is 4.86. The minimum Gasteiger partial charge on any atom is -0.508 e. The molecule has 1 N–H and O–H groups in total. The van der Waals surface area contributed by atoms with Crippen LogP contribution < -0.4 is 0 Å². The third-order valence-electron chi connectivity index (χ3n) is 9.20. The van der Waals surface area contributed by atoms with Crippen LogP contribution >= 0.6 is 22.7 Å². The Hall–Kier alpha value is -3.56. The summed E-state index contributed by atoms with van der Waals surface area (Å²) >= 11 is 3.03. The van der Waals surface area contributed by atoms with Crippen LogP contribution in [0.3, 0.4) is 0 Å². The Morgan fingerprint density at radius 3 is 2.02 bits per heavy atom. The number of amides is 4. The van der Waals surface area contributed by atoms with Gasteiger partial charge in [-0.3, -0.25) is 29.0 Å². The fourth-order valence-electron chi connectivity index (χ4n) is 7.39. The monoisotopic (exact) mass is 572 g/mol. The highest BCUT2D eigenvalue weighted by Gasteiger charge is 2.61. The van der Waals surface area contributed by atoms with E-state index < -0.39 is 29.6 Å². The second-order valence-electron chi connectivity index (χ2n) is 11.3. The minimum atomic E-state index is -0.579. The number of imide groups is 2. The van der Waals surface area contributed by atoms with Crippen LogP contribution in [0.1, 0.15) is 39.6 Å². The van der Waals surface area contributed by atoms with Gasteiger partial charge in [0.15, 0.2) is 0 Å². The van der Waals surface area contributed by atoms with Crippen LogP contribution in [0.15, 0.2) is 64.9 Å². The normalized spacial score (nSPS) is 29.5. The van der Waals surface area contributed by atoms with Crippen LogP contribution in [0.25, 0.3) is 0 Å². The van der Waals surface area contributed by atoms with Gasteiger partial charge >= 0.3 is 0 Å². The van der Waals surface area contributed by atoms with Crippen LogP contribution in [0.2, 0.25) is 0 Å². The Balaban J connectivity index is 1.29. The van der Waals surface area contributed by atoms with Gasteiger partial charge in [0.05, 0.1) is 36.8 Å². The van der Waals surface area contributed by atoms with Gasteiger partial charge < -0.3 is 5.11 Å². The number of hydrogen-bond donors (Lipinski definition) is 1. The number of allylic oxidation sites excluding steroid dienone is 2. The van der Waals surface area contributed by atoms with Crippen molar-refractivity contribution in [3.8, 4) is 5.75 Å². The first-order chi connectivity index (χ1) is 19.3. The number of phenolic OH excluding ortho intramolecular Hbond substituents is 1. The molecule has 9 heteroatoms. The number of aromatic hydroxyl groups is 1. The number of hydrogen-bond acceptors (Lipinski definition) is 7. The van der Waals surface area contributed by atoms with E-state index in [0.29, 0.717) is 18.4 Å². The Morgan fingerprint density at radius 1 is 0.800 bits per heavy atom. The van der Waals surface area contributed by atoms with Gasteiger partial charge in [0.1, 0.15) is 5.75 Å². The van der Waals surface area contributed by atoms with E-state index in [4.69, 9.17) is 0 Å². The maximum Gasteiger partial charge on any atom is 0.234 e. The molecule has 0 spiro atoms. The molecule has 7 nitrogen and oxygen atoms in total. The Labute approximate surface area is 239 Å². The zero-order chi connectivity index (χ0) is 27.7. The molecule has 4 aliphatic rings. The molecule has 2 aliphatic carbocycles. The molecule has 204 valence electrons. The first-order valence-electron chi connectivity index (χ1n) is 13.6. The topological polar surface area (TPSA) is 95.0 Å². The molecule has 1 saturated carbocycles. The van der Waals surface area contributed by atoms with Gasteiger partial charge in [-0.15, -0.1) is 22.7 Å². The van der Waals surface area contributed by atoms with Gasteiger partial charge in [-0.25, -0.2) is 0 Å². The summed E-state index contributed by atoms with van der Waals surface area (Å²) in [5, 5.41) is 14.1. The Bertz CT molecular complexity index is 1560. The third-order valence-corrected chi connectivity index (χ3v) is 10.9. The molecular formula is C31H28N2O5S2. The lowest BCUT2D eigenvalue weighted by molar-refractivity contribution is -0.142. The molecule has 4 amide bonds. The fourth-order valence-corrected chi connectivity index (χ4v) is 8.78. The number of carbonyl (C=O) groups is 4. The molecule has 1 aromatic carbocycles. The van der Waals surface area contributed by atoms with Gasteiger partial charge in [0.25, 0.3) is 0 Å². The molecule has 2 saturated heterocycles. The molecule has 3 fully saturated rings. The van der Waals surface area contributed by atoms with Crippen molar-refractivity contribution in [1.29, 1.82) is 0 Å². The van der Waals surface area contributed by atoms with Crippen molar-refractivity contribution in [3.63, 3.8) is 0 Å². The van der Waals surface area contributed by atoms with Gasteiger partial charge in [0, 0.05) is 15.7 Å². The maximum absolute atomic E-state index is 14.0. The molecule has 0 bridgehead atoms. The number of carbonyl (C=O) groups excluding carboxylic acids is 4. The third kappa shape index (κ3) is 3.82. The zero-order valence-corrected chi connectivity index (χ0v) is 23.5. The molecular weight excluding hydrogens is 544 g/mol. The zero-order valence-electron chi connectivity index (χ0n) is 21.9. The summed E-state index contributed by atoms with van der Waals surface area (Å²) in [6, 6.07) is 13.0. The Kier molecular flexibility index (Phi) is 6.05. The summed E-state index contributed by atoms with van der Waals surface area (Å²) in [6.45, 7) is 2.32. The summed E-state index contributed by atoms with van der Waals surface area (Å²) in [4.78, 5) is 59.9. The first-order valence-corrected chi connectivity index (χ1v) is 15.3. The van der Waals surface area contributed by atoms with E-state index in [1.807, 2.05) is 54.1 Å². The summed E-state index contributed by atoms with van der Waals surface area (Å²) in [6.07, 6.45) is 2.88. The largest absolute Gasteiger partial charge is 0.508 e. The SMILES string of the molecule is Cc1cc([C@H]2C3=CC[C@@H]4C(=O)N(Cc5cccs5)C(=O)[C@@H]4[C@@H]3C[C@H]3C(=O)N(Cc4cccs4)C(=O)[C@@H]23)ccc1O. The van der Waals surface area contributed by atoms with Crippen molar-refractivity contribution in [2.45, 2.75) is 38.8 Å². The van der Waals surface area contributed by atoms with Crippen molar-refractivity contribution in [2.24, 2.45) is 29.6 Å². The number of nitrogens with zero attached hydrogens (tertiary/aromatic N) is 2. The van der Waals surface area contributed by atoms with Crippen molar-refractivity contribution in [3.05, 3.63) is 85.8 Å². The predicted molar refractivity (Wildman–Crippen MR) is 150 cm³/mol. The molecule has 6 atom stereocenters. The van der Waals surface area contributed by atoms with E-state index in [2.05, 4.69) is 6.08 Å². The lowest BCUT2D eigenvalue weighted by Crippen LogP contribution is -2.43. The van der Waals surface area contributed by atoms with Crippen molar-refractivity contribution < 1.29 is 24.3 Å². The highest BCUT2D eigenvalue weighted by Crippen LogP contribution is 2.58. The number of fused-ring (bicyclic) bond motifs is 4. The van der Waals surface area contributed by atoms with Gasteiger partial charge in [-0.05, 0) is 65.8 Å². The van der Waals surface area contributed by atoms with Crippen LogP contribution in [-0.2, 0) is 32.3 Å². The van der Waals surface area contributed by atoms with Crippen LogP contribution in [0, 0.1) is 36.5 Å². The molecule has 0 radical (unpaired) electrons. The average molecular weight is 573 g/mol. The number of rotatable bonds is 5. The molecule has 7 rings (SSSR count). The number of likely N-dealkylation sites (tertiary alicyclic amines) is 2. The molecule has 40 heavy (non-hydrogen) atoms. The van der Waals surface area contributed by atoms with E-state index in [1.165, 1.54) is 32.5 Å². The van der Waals surface area contributed by atoms with Crippen molar-refractivity contribution >= 4 is 46.3 Å². The van der Waals surface area contributed by atoms with E-state index >= 15 is 0 Å². The van der Waals surface area contributed by atoms with Gasteiger partial charge in [0.2, 0.25) is 23.6 Å². The molecule has 3 aromatic rings. The summed E-state index contributed by atoms with van der Waals surface area (Å²) < 4.78 is 0. The van der Waals surface area contributed by atoms with Crippen LogP contribution in [0.4, 0.5) is 0 Å². The second kappa shape index (κ2) is 9.52. The number of benzene rings is 1. The highest BCUT2D eigenvalue weighted by atomic mass is 32.1. The maximum atomic E-state index is 14.0. The quantitative estimate of drug-likeness (QED) is 0.348. The van der Waals surface area contributed by atoms with Gasteiger partial charge in [-0.2, -0.15) is 0 Å². The van der Waals surface area contributed by atoms with Crippen molar-refractivity contribution in [1.82, 2.24) is 9.80 Å². The van der Waals surface area contributed by atoms with E-state index in [9.17, 15) is 24.3 Å². The summed E-state index contributed by atoms with van der Waals surface area (Å²) in [5.41, 5.74) is 2.52. The molecule has 2 aliphatic heterocycles. The fraction of sp³-hybridized carbons (Fsp3) is 0.355. The smallest absolute Gasteiger partial charge is 0.234 e. The number of thiophene rings is 2. The molecule has 2 aromatic heterocycles. The number of aryl methyl sites for hydroxylation is 1. The lowest BCUT2D eigenvalue weighted by Gasteiger charge is -2.44. The summed E-state index contributed by atoms with van der Waals surface area (Å²) in [7, 11) is 0. The number of phenols is 1. The van der Waals surface area contributed by atoms with Crippen LogP contribution in [-0.4, -0.2) is 38.5 Å². The average Bonchev–Trinajstić information content (AvgIpc) is 3.74. The second-order valence-corrected chi connectivity index (χ2v) is 13.3. The van der Waals surface area contributed by atoms with E-state index in [-0.39, 0.29) is 48.4 Å². The first kappa shape index (κ1) is 25.4. The van der Waals surface area contributed by atoms with Crippen LogP contribution in [0.5, 0.6) is 5.75 Å². The summed E-state index contributed by atoms with van der Waals surface area (Å²) in [5.74, 6) is -3.38. The highest BCUT2D eigenvalue weighted by molar-refractivity contribution is 7.10. The van der Waals surface area contributed by atoms with Crippen molar-refractivity contribution in [2.75, 3.05) is 0 Å². The molecule has 0 unspecified atom stereocenters. The van der Waals surface area contributed by atoms with E-state index in [1.54, 1.807) is 6.07 Å². The van der Waals surface area contributed by atoms with Gasteiger partial charge in [-0.1, -0.05) is 35.9 Å².